The first-order valence-electron chi connectivity index (χ1n) is 11.2. The van der Waals surface area contributed by atoms with Crippen molar-refractivity contribution in [2.75, 3.05) is 38.5 Å². The molecule has 4 rings (SSSR count). The standard InChI is InChI=1S/C22H30FN7O2/c1-29-7-9-30(10-8-29)19-6-5-15(11-14(19)13-31)26-22-25-12-17(23)21(28-22)27-18-4-2-3-16(18)20(24)32/h5-6,12-14,16,18-19H,2-4,7-11H2,1H3,(H2,24,32)(H,25,27,28)/t14?,16-,18+,19?/m0/s1. The van der Waals surface area contributed by atoms with Gasteiger partial charge in [-0.25, -0.2) is 14.4 Å². The number of anilines is 1. The van der Waals surface area contributed by atoms with Crippen molar-refractivity contribution in [1.82, 2.24) is 19.8 Å². The molecule has 0 aromatic carbocycles. The minimum atomic E-state index is -0.607. The van der Waals surface area contributed by atoms with E-state index < -0.39 is 11.7 Å². The van der Waals surface area contributed by atoms with Gasteiger partial charge in [-0.3, -0.25) is 9.69 Å². The van der Waals surface area contributed by atoms with Gasteiger partial charge < -0.3 is 20.7 Å². The highest BCUT2D eigenvalue weighted by atomic mass is 19.1. The topological polar surface area (TPSA) is 117 Å². The number of aromatic nitrogens is 2. The number of amides is 1. The molecule has 32 heavy (non-hydrogen) atoms. The molecule has 1 aromatic heterocycles. The SMILES string of the molecule is CN1CCN(C2C=CC(=Nc3ncc(F)c(N[C@@H]4CCC[C@@H]4C(N)=O)n3)CC2C=O)CC1. The number of halogens is 1. The molecule has 2 unspecified atom stereocenters. The Bertz CT molecular complexity index is 914. The van der Waals surface area contributed by atoms with E-state index in [2.05, 4.69) is 37.1 Å². The van der Waals surface area contributed by atoms with Gasteiger partial charge in [-0.15, -0.1) is 0 Å². The second kappa shape index (κ2) is 9.83. The Morgan fingerprint density at radius 3 is 2.81 bits per heavy atom. The number of primary amides is 1. The average molecular weight is 444 g/mol. The van der Waals surface area contributed by atoms with Crippen LogP contribution in [0.25, 0.3) is 0 Å². The van der Waals surface area contributed by atoms with E-state index in [1.807, 2.05) is 12.2 Å². The van der Waals surface area contributed by atoms with E-state index in [0.717, 1.165) is 51.5 Å². The van der Waals surface area contributed by atoms with Crippen LogP contribution in [-0.2, 0) is 9.59 Å². The third-order valence-corrected chi connectivity index (χ3v) is 6.68. The summed E-state index contributed by atoms with van der Waals surface area (Å²) in [6.07, 6.45) is 8.71. The maximum absolute atomic E-state index is 14.3. The van der Waals surface area contributed by atoms with Crippen LogP contribution in [0.1, 0.15) is 25.7 Å². The highest BCUT2D eigenvalue weighted by molar-refractivity contribution is 5.99. The number of hydrogen-bond donors (Lipinski definition) is 2. The Morgan fingerprint density at radius 2 is 2.09 bits per heavy atom. The molecule has 10 heteroatoms. The van der Waals surface area contributed by atoms with Gasteiger partial charge in [-0.05, 0) is 26.0 Å². The number of aldehydes is 1. The molecule has 1 saturated carbocycles. The number of carbonyl (C=O) groups is 2. The van der Waals surface area contributed by atoms with Crippen molar-refractivity contribution < 1.29 is 14.0 Å². The predicted molar refractivity (Wildman–Crippen MR) is 119 cm³/mol. The third-order valence-electron chi connectivity index (χ3n) is 6.68. The Hall–Kier alpha value is -2.72. The molecule has 172 valence electrons. The number of piperazine rings is 1. The number of nitrogens with two attached hydrogens (primary N) is 1. The van der Waals surface area contributed by atoms with Crippen LogP contribution in [0, 0.1) is 17.7 Å². The van der Waals surface area contributed by atoms with Crippen LogP contribution in [0.4, 0.5) is 16.2 Å². The van der Waals surface area contributed by atoms with Crippen LogP contribution < -0.4 is 11.1 Å². The normalized spacial score (nSPS) is 30.5. The van der Waals surface area contributed by atoms with Crippen molar-refractivity contribution in [3.63, 3.8) is 0 Å². The van der Waals surface area contributed by atoms with Gasteiger partial charge in [0.15, 0.2) is 11.6 Å². The van der Waals surface area contributed by atoms with E-state index in [9.17, 15) is 14.0 Å². The summed E-state index contributed by atoms with van der Waals surface area (Å²) in [5.74, 6) is -1.42. The molecule has 2 fully saturated rings. The first kappa shape index (κ1) is 22.5. The van der Waals surface area contributed by atoms with Gasteiger partial charge in [0.2, 0.25) is 5.91 Å². The Morgan fingerprint density at radius 1 is 1.31 bits per heavy atom. The lowest BCUT2D eigenvalue weighted by Crippen LogP contribution is -2.51. The molecule has 0 spiro atoms. The molecular weight excluding hydrogens is 413 g/mol. The Labute approximate surface area is 187 Å². The maximum atomic E-state index is 14.3. The highest BCUT2D eigenvalue weighted by Crippen LogP contribution is 2.29. The van der Waals surface area contributed by atoms with E-state index in [0.29, 0.717) is 18.6 Å². The fourth-order valence-electron chi connectivity index (χ4n) is 4.80. The second-order valence-electron chi connectivity index (χ2n) is 8.85. The maximum Gasteiger partial charge on any atom is 0.251 e. The molecule has 9 nitrogen and oxygen atoms in total. The molecule has 1 aromatic rings. The lowest BCUT2D eigenvalue weighted by molar-refractivity contribution is -0.121. The van der Waals surface area contributed by atoms with Crippen LogP contribution in [-0.4, -0.2) is 83.0 Å². The van der Waals surface area contributed by atoms with Gasteiger partial charge in [0, 0.05) is 56.3 Å². The van der Waals surface area contributed by atoms with E-state index in [1.165, 1.54) is 0 Å². The average Bonchev–Trinajstić information content (AvgIpc) is 3.25. The molecule has 2 aliphatic carbocycles. The first-order valence-corrected chi connectivity index (χ1v) is 11.2. The number of nitrogens with one attached hydrogen (secondary N) is 1. The fraction of sp³-hybridized carbons (Fsp3) is 0.591. The van der Waals surface area contributed by atoms with Crippen LogP contribution in [0.3, 0.4) is 0 Å². The monoisotopic (exact) mass is 443 g/mol. The zero-order valence-corrected chi connectivity index (χ0v) is 18.3. The largest absolute Gasteiger partial charge is 0.369 e. The van der Waals surface area contributed by atoms with Gasteiger partial charge in [0.1, 0.15) is 6.29 Å². The van der Waals surface area contributed by atoms with Gasteiger partial charge in [-0.2, -0.15) is 4.98 Å². The highest BCUT2D eigenvalue weighted by Gasteiger charge is 2.33. The molecule has 1 aliphatic heterocycles. The zero-order chi connectivity index (χ0) is 22.7. The molecule has 2 heterocycles. The van der Waals surface area contributed by atoms with Crippen molar-refractivity contribution in [1.29, 1.82) is 0 Å². The third kappa shape index (κ3) is 5.02. The molecule has 0 bridgehead atoms. The summed E-state index contributed by atoms with van der Waals surface area (Å²) >= 11 is 0. The van der Waals surface area contributed by atoms with Crippen molar-refractivity contribution in [3.05, 3.63) is 24.2 Å². The lowest BCUT2D eigenvalue weighted by atomic mass is 9.88. The molecule has 4 atom stereocenters. The Kier molecular flexibility index (Phi) is 6.90. The quantitative estimate of drug-likeness (QED) is 0.634. The number of nitrogens with zero attached hydrogens (tertiary/aromatic N) is 5. The van der Waals surface area contributed by atoms with Gasteiger partial charge in [0.05, 0.1) is 12.1 Å². The van der Waals surface area contributed by atoms with Crippen LogP contribution in [0.2, 0.25) is 0 Å². The summed E-state index contributed by atoms with van der Waals surface area (Å²) in [4.78, 5) is 40.7. The minimum Gasteiger partial charge on any atom is -0.369 e. The predicted octanol–water partition coefficient (Wildman–Crippen LogP) is 1.15. The van der Waals surface area contributed by atoms with E-state index in [1.54, 1.807) is 0 Å². The summed E-state index contributed by atoms with van der Waals surface area (Å²) in [5, 5.41) is 3.01. The summed E-state index contributed by atoms with van der Waals surface area (Å²) in [6.45, 7) is 3.80. The van der Waals surface area contributed by atoms with Gasteiger partial charge in [-0.1, -0.05) is 12.5 Å². The van der Waals surface area contributed by atoms with Gasteiger partial charge >= 0.3 is 0 Å². The van der Waals surface area contributed by atoms with E-state index in [4.69, 9.17) is 5.73 Å². The van der Waals surface area contributed by atoms with Gasteiger partial charge in [0.25, 0.3) is 5.95 Å². The van der Waals surface area contributed by atoms with Crippen molar-refractivity contribution >= 4 is 29.7 Å². The molecular formula is C22H30FN7O2. The van der Waals surface area contributed by atoms with Crippen LogP contribution in [0.5, 0.6) is 0 Å². The summed E-state index contributed by atoms with van der Waals surface area (Å²) < 4.78 is 14.3. The number of allylic oxidation sites excluding steroid dienone is 1. The molecule has 0 radical (unpaired) electrons. The summed E-state index contributed by atoms with van der Waals surface area (Å²) in [5.41, 5.74) is 6.14. The molecule has 3 aliphatic rings. The zero-order valence-electron chi connectivity index (χ0n) is 18.3. The fourth-order valence-corrected chi connectivity index (χ4v) is 4.80. The van der Waals surface area contributed by atoms with E-state index in [-0.39, 0.29) is 35.7 Å². The summed E-state index contributed by atoms with van der Waals surface area (Å²) in [7, 11) is 2.10. The van der Waals surface area contributed by atoms with Crippen molar-refractivity contribution in [3.8, 4) is 0 Å². The molecule has 1 saturated heterocycles. The smallest absolute Gasteiger partial charge is 0.251 e. The lowest BCUT2D eigenvalue weighted by Gasteiger charge is -2.40. The second-order valence-corrected chi connectivity index (χ2v) is 8.85. The number of rotatable bonds is 6. The minimum absolute atomic E-state index is 0.0135. The first-order chi connectivity index (χ1) is 15.4. The van der Waals surface area contributed by atoms with E-state index >= 15 is 0 Å². The van der Waals surface area contributed by atoms with Crippen molar-refractivity contribution in [2.24, 2.45) is 22.6 Å². The Balaban J connectivity index is 1.49. The number of hydrogen-bond acceptors (Lipinski definition) is 8. The number of carbonyl (C=O) groups excluding carboxylic acids is 2. The number of aliphatic imine (C=N–C) groups is 1. The molecule has 3 N–H and O–H groups in total. The summed E-state index contributed by atoms with van der Waals surface area (Å²) in [6, 6.07) is -0.199. The molecule has 1 amide bonds. The van der Waals surface area contributed by atoms with Crippen LogP contribution in [0.15, 0.2) is 23.3 Å². The number of likely N-dealkylation sites (N-methyl/N-ethyl adjacent to an activating group) is 1. The van der Waals surface area contributed by atoms with Crippen LogP contribution >= 0.6 is 0 Å². The van der Waals surface area contributed by atoms with Crippen molar-refractivity contribution in [2.45, 2.75) is 37.8 Å².